The van der Waals surface area contributed by atoms with Gasteiger partial charge in [0.25, 0.3) is 0 Å². The third-order valence-electron chi connectivity index (χ3n) is 4.44. The lowest BCUT2D eigenvalue weighted by Gasteiger charge is -2.25. The summed E-state index contributed by atoms with van der Waals surface area (Å²) in [6.07, 6.45) is 10.9. The largest absolute Gasteiger partial charge is 0.212 e. The van der Waals surface area contributed by atoms with Crippen LogP contribution in [-0.2, 0) is 10.0 Å². The molecule has 0 spiro atoms. The molecule has 2 saturated carbocycles. The number of alkyl halides is 1. The average Bonchev–Trinajstić information content (AvgIpc) is 2.55. The van der Waals surface area contributed by atoms with Crippen molar-refractivity contribution in [1.82, 2.24) is 4.72 Å². The van der Waals surface area contributed by atoms with Gasteiger partial charge >= 0.3 is 0 Å². The van der Waals surface area contributed by atoms with Gasteiger partial charge in [0.15, 0.2) is 0 Å². The van der Waals surface area contributed by atoms with E-state index in [-0.39, 0.29) is 11.4 Å². The summed E-state index contributed by atoms with van der Waals surface area (Å²) in [5.74, 6) is 0.651. The van der Waals surface area contributed by atoms with Crippen LogP contribution in [0.5, 0.6) is 0 Å². The van der Waals surface area contributed by atoms with Gasteiger partial charge in [-0.1, -0.05) is 38.5 Å². The van der Waals surface area contributed by atoms with Crippen molar-refractivity contribution in [3.05, 3.63) is 0 Å². The predicted octanol–water partition coefficient (Wildman–Crippen LogP) is 3.43. The number of rotatable bonds is 4. The van der Waals surface area contributed by atoms with Crippen molar-refractivity contribution in [2.75, 3.05) is 5.75 Å². The van der Waals surface area contributed by atoms with E-state index in [1.54, 1.807) is 0 Å². The summed E-state index contributed by atoms with van der Waals surface area (Å²) < 4.78 is 27.4. The van der Waals surface area contributed by atoms with Gasteiger partial charge < -0.3 is 0 Å². The Hall–Kier alpha value is 0.200. The number of halogens is 1. The van der Waals surface area contributed by atoms with Gasteiger partial charge in [-0.05, 0) is 31.6 Å². The van der Waals surface area contributed by atoms with Crippen LogP contribution in [-0.4, -0.2) is 25.6 Å². The quantitative estimate of drug-likeness (QED) is 0.639. The summed E-state index contributed by atoms with van der Waals surface area (Å²) in [7, 11) is -3.16. The van der Waals surface area contributed by atoms with Crippen LogP contribution in [0.2, 0.25) is 0 Å². The number of sulfonamides is 1. The molecule has 0 heterocycles. The molecule has 2 atom stereocenters. The molecule has 0 aliphatic heterocycles. The Labute approximate surface area is 122 Å². The Balaban J connectivity index is 1.87. The first-order valence-electron chi connectivity index (χ1n) is 7.71. The van der Waals surface area contributed by atoms with Gasteiger partial charge in [-0.25, -0.2) is 13.1 Å². The Bertz CT molecular complexity index is 366. The van der Waals surface area contributed by atoms with E-state index in [1.807, 2.05) is 0 Å². The molecule has 1 N–H and O–H groups in total. The first-order chi connectivity index (χ1) is 9.07. The monoisotopic (exact) mass is 307 g/mol. The van der Waals surface area contributed by atoms with Crippen LogP contribution in [0.25, 0.3) is 0 Å². The maximum absolute atomic E-state index is 12.3. The van der Waals surface area contributed by atoms with E-state index in [1.165, 1.54) is 25.7 Å². The predicted molar refractivity (Wildman–Crippen MR) is 80.0 cm³/mol. The minimum atomic E-state index is -3.16. The van der Waals surface area contributed by atoms with E-state index in [9.17, 15) is 8.42 Å². The van der Waals surface area contributed by atoms with Gasteiger partial charge in [0.2, 0.25) is 10.0 Å². The van der Waals surface area contributed by atoms with E-state index in [4.69, 9.17) is 11.6 Å². The van der Waals surface area contributed by atoms with Crippen molar-refractivity contribution in [1.29, 1.82) is 0 Å². The minimum absolute atomic E-state index is 0.0383. The highest BCUT2D eigenvalue weighted by Gasteiger charge is 2.28. The van der Waals surface area contributed by atoms with Gasteiger partial charge in [-0.15, -0.1) is 11.6 Å². The Morgan fingerprint density at radius 1 is 0.895 bits per heavy atom. The molecule has 0 radical (unpaired) electrons. The molecule has 2 rings (SSSR count). The maximum Gasteiger partial charge on any atom is 0.212 e. The van der Waals surface area contributed by atoms with Crippen LogP contribution in [0.15, 0.2) is 0 Å². The van der Waals surface area contributed by atoms with Crippen molar-refractivity contribution in [2.24, 2.45) is 5.92 Å². The lowest BCUT2D eigenvalue weighted by molar-refractivity contribution is 0.382. The van der Waals surface area contributed by atoms with Gasteiger partial charge in [0, 0.05) is 11.4 Å². The lowest BCUT2D eigenvalue weighted by Crippen LogP contribution is -2.42. The van der Waals surface area contributed by atoms with Crippen LogP contribution in [0.1, 0.15) is 64.2 Å². The van der Waals surface area contributed by atoms with Crippen LogP contribution < -0.4 is 4.72 Å². The maximum atomic E-state index is 12.3. The smallest absolute Gasteiger partial charge is 0.212 e. The second-order valence-electron chi connectivity index (χ2n) is 6.16. The van der Waals surface area contributed by atoms with E-state index in [2.05, 4.69) is 4.72 Å². The summed E-state index contributed by atoms with van der Waals surface area (Å²) in [4.78, 5) is 0. The fourth-order valence-corrected chi connectivity index (χ4v) is 5.55. The van der Waals surface area contributed by atoms with E-state index < -0.39 is 10.0 Å². The summed E-state index contributed by atoms with van der Waals surface area (Å²) in [6, 6.07) is -0.0576. The van der Waals surface area contributed by atoms with Gasteiger partial charge in [0.05, 0.1) is 5.75 Å². The molecule has 19 heavy (non-hydrogen) atoms. The highest BCUT2D eigenvalue weighted by Crippen LogP contribution is 2.26. The van der Waals surface area contributed by atoms with Crippen LogP contribution in [0.3, 0.4) is 0 Å². The first kappa shape index (κ1) is 15.6. The zero-order valence-electron chi connectivity index (χ0n) is 11.6. The van der Waals surface area contributed by atoms with Crippen molar-refractivity contribution < 1.29 is 8.42 Å². The van der Waals surface area contributed by atoms with Crippen LogP contribution in [0, 0.1) is 5.92 Å². The molecule has 2 unspecified atom stereocenters. The average molecular weight is 308 g/mol. The molecule has 0 bridgehead atoms. The first-order valence-corrected chi connectivity index (χ1v) is 9.80. The topological polar surface area (TPSA) is 46.2 Å². The molecule has 0 aromatic carbocycles. The number of hydrogen-bond donors (Lipinski definition) is 1. The summed E-state index contributed by atoms with van der Waals surface area (Å²) in [5, 5.41) is -0.0383. The molecule has 3 nitrogen and oxygen atoms in total. The number of nitrogens with one attached hydrogen (secondary N) is 1. The van der Waals surface area contributed by atoms with E-state index >= 15 is 0 Å². The summed E-state index contributed by atoms with van der Waals surface area (Å²) >= 11 is 6.31. The molecule has 0 aromatic heterocycles. The molecule has 0 aromatic rings. The van der Waals surface area contributed by atoms with Gasteiger partial charge in [0.1, 0.15) is 0 Å². The summed E-state index contributed by atoms with van der Waals surface area (Å²) in [5.41, 5.74) is 0. The third-order valence-corrected chi connectivity index (χ3v) is 6.54. The number of hydrogen-bond acceptors (Lipinski definition) is 2. The van der Waals surface area contributed by atoms with Crippen molar-refractivity contribution in [3.63, 3.8) is 0 Å². The SMILES string of the molecule is O=S(=O)(CC1CCCCC1)NC1CCCCCC1Cl. The Morgan fingerprint density at radius 2 is 1.47 bits per heavy atom. The molecule has 0 saturated heterocycles. The summed E-state index contributed by atoms with van der Waals surface area (Å²) in [6.45, 7) is 0. The molecular formula is C14H26ClNO2S. The normalized spacial score (nSPS) is 31.0. The van der Waals surface area contributed by atoms with E-state index in [0.29, 0.717) is 11.7 Å². The van der Waals surface area contributed by atoms with Crippen molar-refractivity contribution >= 4 is 21.6 Å². The molecule has 112 valence electrons. The molecular weight excluding hydrogens is 282 g/mol. The fourth-order valence-electron chi connectivity index (χ4n) is 3.34. The highest BCUT2D eigenvalue weighted by atomic mass is 35.5. The molecule has 2 aliphatic rings. The minimum Gasteiger partial charge on any atom is -0.212 e. The van der Waals surface area contributed by atoms with E-state index in [0.717, 1.165) is 38.5 Å². The molecule has 0 amide bonds. The van der Waals surface area contributed by atoms with Gasteiger partial charge in [-0.2, -0.15) is 0 Å². The lowest BCUT2D eigenvalue weighted by atomic mass is 9.91. The second-order valence-corrected chi connectivity index (χ2v) is 8.52. The Morgan fingerprint density at radius 3 is 2.16 bits per heavy atom. The van der Waals surface area contributed by atoms with Crippen molar-refractivity contribution in [3.8, 4) is 0 Å². The van der Waals surface area contributed by atoms with Crippen LogP contribution >= 0.6 is 11.6 Å². The zero-order valence-corrected chi connectivity index (χ0v) is 13.2. The standard InChI is InChI=1S/C14H26ClNO2S/c15-13-9-5-2-6-10-14(13)16-19(17,18)11-12-7-3-1-4-8-12/h12-14,16H,1-11H2. The molecule has 5 heteroatoms. The highest BCUT2D eigenvalue weighted by molar-refractivity contribution is 7.89. The zero-order chi connectivity index (χ0) is 13.7. The van der Waals surface area contributed by atoms with Gasteiger partial charge in [-0.3, -0.25) is 0 Å². The Kier molecular flexibility index (Phi) is 5.97. The molecule has 2 aliphatic carbocycles. The fraction of sp³-hybridized carbons (Fsp3) is 1.00. The second kappa shape index (κ2) is 7.28. The van der Waals surface area contributed by atoms with Crippen molar-refractivity contribution in [2.45, 2.75) is 75.6 Å². The third kappa shape index (κ3) is 5.24. The van der Waals surface area contributed by atoms with Crippen LogP contribution in [0.4, 0.5) is 0 Å². The molecule has 2 fully saturated rings.